The molecule has 1 aliphatic heterocycles. The highest BCUT2D eigenvalue weighted by Crippen LogP contribution is 2.32. The normalized spacial score (nSPS) is 14.1. The Labute approximate surface area is 203 Å². The van der Waals surface area contributed by atoms with Gasteiger partial charge >= 0.3 is 6.18 Å². The Morgan fingerprint density at radius 2 is 1.63 bits per heavy atom. The van der Waals surface area contributed by atoms with Crippen LogP contribution in [0.25, 0.3) is 0 Å². The number of carbonyl (C=O) groups excluding carboxylic acids is 2. The Hall–Kier alpha value is -3.86. The molecule has 1 aromatic heterocycles. The third-order valence-electron chi connectivity index (χ3n) is 5.51. The van der Waals surface area contributed by atoms with Crippen LogP contribution in [0.2, 0.25) is 5.02 Å². The summed E-state index contributed by atoms with van der Waals surface area (Å²) in [6, 6.07) is 11.3. The summed E-state index contributed by atoms with van der Waals surface area (Å²) in [5.41, 5.74) is 5.26. The molecule has 2 aromatic carbocycles. The number of aromatic nitrogens is 2. The van der Waals surface area contributed by atoms with E-state index in [4.69, 9.17) is 17.3 Å². The highest BCUT2D eigenvalue weighted by molar-refractivity contribution is 6.32. The zero-order chi connectivity index (χ0) is 25.2. The zero-order valence-electron chi connectivity index (χ0n) is 18.2. The molecule has 0 atom stereocenters. The lowest BCUT2D eigenvalue weighted by Gasteiger charge is -2.37. The average molecular weight is 505 g/mol. The summed E-state index contributed by atoms with van der Waals surface area (Å²) in [5, 5.41) is 2.80. The molecule has 182 valence electrons. The molecule has 12 heteroatoms. The van der Waals surface area contributed by atoms with Crippen molar-refractivity contribution in [3.63, 3.8) is 0 Å². The van der Waals surface area contributed by atoms with Crippen LogP contribution in [-0.2, 0) is 6.18 Å². The predicted octanol–water partition coefficient (Wildman–Crippen LogP) is 3.83. The molecule has 0 bridgehead atoms. The van der Waals surface area contributed by atoms with Gasteiger partial charge in [-0.05, 0) is 30.3 Å². The number of hydrogen-bond donors (Lipinski definition) is 2. The molecule has 35 heavy (non-hydrogen) atoms. The first kappa shape index (κ1) is 24.3. The first-order valence-corrected chi connectivity index (χ1v) is 10.9. The van der Waals surface area contributed by atoms with Crippen LogP contribution in [0.3, 0.4) is 0 Å². The molecule has 3 N–H and O–H groups in total. The second kappa shape index (κ2) is 9.79. The van der Waals surface area contributed by atoms with Gasteiger partial charge in [0, 0.05) is 31.9 Å². The minimum Gasteiger partial charge on any atom is -0.368 e. The van der Waals surface area contributed by atoms with Crippen LogP contribution in [0.4, 0.5) is 30.6 Å². The fourth-order valence-electron chi connectivity index (χ4n) is 3.76. The fraction of sp³-hybridized carbons (Fsp3) is 0.217. The molecule has 0 spiro atoms. The van der Waals surface area contributed by atoms with Gasteiger partial charge < -0.3 is 15.5 Å². The SMILES string of the molecule is NC(=O)c1ccccc1C(=O)Nc1ncc(Cl)c(N2CCN(c3cccc(C(F)(F)F)c3)CC2)n1. The van der Waals surface area contributed by atoms with E-state index in [1.54, 1.807) is 18.2 Å². The van der Waals surface area contributed by atoms with Gasteiger partial charge in [-0.25, -0.2) is 4.98 Å². The molecule has 0 aliphatic carbocycles. The summed E-state index contributed by atoms with van der Waals surface area (Å²) < 4.78 is 39.2. The van der Waals surface area contributed by atoms with Crippen molar-refractivity contribution in [2.45, 2.75) is 6.18 Å². The highest BCUT2D eigenvalue weighted by Gasteiger charge is 2.31. The van der Waals surface area contributed by atoms with Gasteiger partial charge in [-0.15, -0.1) is 0 Å². The number of carbonyl (C=O) groups is 2. The number of anilines is 3. The van der Waals surface area contributed by atoms with Gasteiger partial charge in [-0.3, -0.25) is 14.9 Å². The summed E-state index contributed by atoms with van der Waals surface area (Å²) in [4.78, 5) is 36.4. The average Bonchev–Trinajstić information content (AvgIpc) is 2.85. The largest absolute Gasteiger partial charge is 0.416 e. The number of benzene rings is 2. The maximum Gasteiger partial charge on any atom is 0.416 e. The Bertz CT molecular complexity index is 1260. The maximum atomic E-state index is 13.1. The molecule has 0 radical (unpaired) electrons. The van der Waals surface area contributed by atoms with Crippen molar-refractivity contribution in [2.75, 3.05) is 41.3 Å². The quantitative estimate of drug-likeness (QED) is 0.547. The van der Waals surface area contributed by atoms with Crippen molar-refractivity contribution in [2.24, 2.45) is 5.73 Å². The first-order valence-electron chi connectivity index (χ1n) is 10.5. The molecule has 1 aliphatic rings. The van der Waals surface area contributed by atoms with Gasteiger partial charge in [0.2, 0.25) is 11.9 Å². The lowest BCUT2D eigenvalue weighted by Crippen LogP contribution is -2.47. The molecule has 1 fully saturated rings. The molecule has 1 saturated heterocycles. The summed E-state index contributed by atoms with van der Waals surface area (Å²) in [7, 11) is 0. The lowest BCUT2D eigenvalue weighted by molar-refractivity contribution is -0.137. The van der Waals surface area contributed by atoms with Crippen LogP contribution in [0.1, 0.15) is 26.3 Å². The molecule has 8 nitrogen and oxygen atoms in total. The summed E-state index contributed by atoms with van der Waals surface area (Å²) >= 11 is 6.30. The minimum absolute atomic E-state index is 0.0195. The standard InChI is InChI=1S/C23H20ClF3N6O2/c24-18-13-29-22(31-21(35)17-7-2-1-6-16(17)19(28)34)30-20(18)33-10-8-32(9-11-33)15-5-3-4-14(12-15)23(25,26)27/h1-7,12-13H,8-11H2,(H2,28,34)(H,29,30,31,35). The number of nitrogens with two attached hydrogens (primary N) is 1. The molecule has 4 rings (SSSR count). The number of alkyl halides is 3. The second-order valence-electron chi connectivity index (χ2n) is 7.75. The van der Waals surface area contributed by atoms with Gasteiger partial charge in [-0.1, -0.05) is 29.8 Å². The van der Waals surface area contributed by atoms with Crippen LogP contribution >= 0.6 is 11.6 Å². The van der Waals surface area contributed by atoms with Crippen molar-refractivity contribution in [3.05, 3.63) is 76.4 Å². The van der Waals surface area contributed by atoms with E-state index in [1.165, 1.54) is 24.4 Å². The molecule has 0 saturated carbocycles. The molecular formula is C23H20ClF3N6O2. The number of primary amides is 1. The molecule has 3 aromatic rings. The van der Waals surface area contributed by atoms with E-state index >= 15 is 0 Å². The van der Waals surface area contributed by atoms with E-state index in [9.17, 15) is 22.8 Å². The van der Waals surface area contributed by atoms with Crippen molar-refractivity contribution in [3.8, 4) is 0 Å². The second-order valence-corrected chi connectivity index (χ2v) is 8.16. The Kier molecular flexibility index (Phi) is 6.79. The fourth-order valence-corrected chi connectivity index (χ4v) is 3.97. The maximum absolute atomic E-state index is 13.1. The number of rotatable bonds is 5. The third kappa shape index (κ3) is 5.46. The predicted molar refractivity (Wildman–Crippen MR) is 126 cm³/mol. The molecular weight excluding hydrogens is 485 g/mol. The number of nitrogens with one attached hydrogen (secondary N) is 1. The van der Waals surface area contributed by atoms with Gasteiger partial charge in [-0.2, -0.15) is 18.2 Å². The monoisotopic (exact) mass is 504 g/mol. The summed E-state index contributed by atoms with van der Waals surface area (Å²) in [5.74, 6) is -0.994. The number of piperazine rings is 1. The van der Waals surface area contributed by atoms with Gasteiger partial charge in [0.15, 0.2) is 5.82 Å². The van der Waals surface area contributed by atoms with Crippen molar-refractivity contribution in [1.29, 1.82) is 0 Å². The molecule has 0 unspecified atom stereocenters. The Balaban J connectivity index is 1.47. The minimum atomic E-state index is -4.41. The number of nitrogens with zero attached hydrogens (tertiary/aromatic N) is 4. The molecule has 2 heterocycles. The van der Waals surface area contributed by atoms with Crippen molar-refractivity contribution >= 4 is 40.9 Å². The zero-order valence-corrected chi connectivity index (χ0v) is 19.0. The van der Waals surface area contributed by atoms with Crippen LogP contribution in [0, 0.1) is 0 Å². The summed E-state index contributed by atoms with van der Waals surface area (Å²) in [6.07, 6.45) is -3.07. The summed E-state index contributed by atoms with van der Waals surface area (Å²) in [6.45, 7) is 1.75. The Morgan fingerprint density at radius 1 is 0.971 bits per heavy atom. The third-order valence-corrected chi connectivity index (χ3v) is 5.77. The first-order chi connectivity index (χ1) is 16.6. The van der Waals surface area contributed by atoms with E-state index in [2.05, 4.69) is 15.3 Å². The van der Waals surface area contributed by atoms with E-state index in [0.29, 0.717) is 37.7 Å². The van der Waals surface area contributed by atoms with Gasteiger partial charge in [0.25, 0.3) is 5.91 Å². The number of hydrogen-bond acceptors (Lipinski definition) is 6. The van der Waals surface area contributed by atoms with Crippen LogP contribution in [0.5, 0.6) is 0 Å². The van der Waals surface area contributed by atoms with Crippen LogP contribution < -0.4 is 20.9 Å². The van der Waals surface area contributed by atoms with Gasteiger partial charge in [0.05, 0.1) is 22.9 Å². The smallest absolute Gasteiger partial charge is 0.368 e. The number of amides is 2. The topological polar surface area (TPSA) is 104 Å². The van der Waals surface area contributed by atoms with Gasteiger partial charge in [0.1, 0.15) is 5.02 Å². The Morgan fingerprint density at radius 3 is 2.29 bits per heavy atom. The highest BCUT2D eigenvalue weighted by atomic mass is 35.5. The van der Waals surface area contributed by atoms with E-state index in [1.807, 2.05) is 9.80 Å². The van der Waals surface area contributed by atoms with Crippen LogP contribution in [-0.4, -0.2) is 48.0 Å². The van der Waals surface area contributed by atoms with Crippen molar-refractivity contribution < 1.29 is 22.8 Å². The number of halogens is 4. The van der Waals surface area contributed by atoms with Crippen molar-refractivity contribution in [1.82, 2.24) is 9.97 Å². The lowest BCUT2D eigenvalue weighted by atomic mass is 10.1. The van der Waals surface area contributed by atoms with Crippen LogP contribution in [0.15, 0.2) is 54.7 Å². The van der Waals surface area contributed by atoms with E-state index in [-0.39, 0.29) is 22.1 Å². The van der Waals surface area contributed by atoms with E-state index in [0.717, 1.165) is 12.1 Å². The molecule has 2 amide bonds. The van der Waals surface area contributed by atoms with E-state index < -0.39 is 23.6 Å².